The zero-order valence-corrected chi connectivity index (χ0v) is 10.7. The molecule has 0 amide bonds. The summed E-state index contributed by atoms with van der Waals surface area (Å²) in [5.74, 6) is -1.34. The Hall–Kier alpha value is -1.30. The largest absolute Gasteiger partial charge is 0.486 e. The van der Waals surface area contributed by atoms with Crippen molar-refractivity contribution < 1.29 is 23.0 Å². The van der Waals surface area contributed by atoms with E-state index in [1.807, 2.05) is 0 Å². The molecule has 2 atom stereocenters. The minimum atomic E-state index is -1.19. The average Bonchev–Trinajstić information content (AvgIpc) is 2.45. The number of methoxy groups -OCH3 is 1. The maximum atomic E-state index is 13.8. The van der Waals surface area contributed by atoms with E-state index in [1.54, 1.807) is 6.92 Å². The smallest absolute Gasteiger partial charge is 0.337 e. The van der Waals surface area contributed by atoms with Crippen LogP contribution >= 0.6 is 11.8 Å². The van der Waals surface area contributed by atoms with Gasteiger partial charge in [0.15, 0.2) is 17.1 Å². The highest BCUT2D eigenvalue weighted by atomic mass is 32.2. The summed E-state index contributed by atoms with van der Waals surface area (Å²) in [7, 11) is 1.20. The second-order valence-electron chi connectivity index (χ2n) is 3.97. The molecule has 6 heteroatoms. The normalized spacial score (nSPS) is 22.7. The molecule has 1 heterocycles. The molecule has 2 rings (SSSR count). The van der Waals surface area contributed by atoms with Gasteiger partial charge in [-0.15, -0.1) is 0 Å². The van der Waals surface area contributed by atoms with Crippen molar-refractivity contribution in [1.29, 1.82) is 0 Å². The van der Waals surface area contributed by atoms with Crippen molar-refractivity contribution in [3.8, 4) is 5.75 Å². The van der Waals surface area contributed by atoms with Crippen LogP contribution in [-0.4, -0.2) is 24.7 Å². The van der Waals surface area contributed by atoms with Gasteiger partial charge in [-0.05, 0) is 19.1 Å². The molecule has 3 nitrogen and oxygen atoms in total. The minimum Gasteiger partial charge on any atom is -0.486 e. The summed E-state index contributed by atoms with van der Waals surface area (Å²) in [6.07, 6.45) is -0.237. The summed E-state index contributed by atoms with van der Waals surface area (Å²) >= 11 is 0.853. The zero-order chi connectivity index (χ0) is 13.3. The first-order valence-electron chi connectivity index (χ1n) is 5.40. The Bertz CT molecular complexity index is 479. The van der Waals surface area contributed by atoms with E-state index >= 15 is 0 Å². The van der Waals surface area contributed by atoms with Gasteiger partial charge in [-0.1, -0.05) is 11.8 Å². The van der Waals surface area contributed by atoms with Crippen LogP contribution in [0, 0.1) is 5.82 Å². The maximum Gasteiger partial charge on any atom is 0.337 e. The molecule has 0 aromatic heterocycles. The van der Waals surface area contributed by atoms with Crippen molar-refractivity contribution in [1.82, 2.24) is 0 Å². The van der Waals surface area contributed by atoms with Crippen LogP contribution in [0.1, 0.15) is 23.7 Å². The highest BCUT2D eigenvalue weighted by Gasteiger charge is 2.26. The number of hydrogen-bond donors (Lipinski definition) is 0. The third-order valence-corrected chi connectivity index (χ3v) is 3.53. The molecule has 0 radical (unpaired) electrons. The van der Waals surface area contributed by atoms with Gasteiger partial charge in [0, 0.05) is 6.42 Å². The maximum absolute atomic E-state index is 13.8. The van der Waals surface area contributed by atoms with E-state index in [4.69, 9.17) is 4.74 Å². The van der Waals surface area contributed by atoms with E-state index in [0.29, 0.717) is 0 Å². The number of rotatable bonds is 1. The van der Waals surface area contributed by atoms with Crippen LogP contribution in [0.3, 0.4) is 0 Å². The van der Waals surface area contributed by atoms with E-state index in [-0.39, 0.29) is 22.6 Å². The van der Waals surface area contributed by atoms with Gasteiger partial charge in [0.1, 0.15) is 0 Å². The topological polar surface area (TPSA) is 35.5 Å². The lowest BCUT2D eigenvalue weighted by Crippen LogP contribution is -2.14. The van der Waals surface area contributed by atoms with Gasteiger partial charge in [-0.25, -0.2) is 13.6 Å². The summed E-state index contributed by atoms with van der Waals surface area (Å²) in [5, 5.41) is 0. The van der Waals surface area contributed by atoms with Crippen LogP contribution < -0.4 is 4.74 Å². The number of fused-ring (bicyclic) bond motifs is 1. The molecule has 0 saturated carbocycles. The van der Waals surface area contributed by atoms with Crippen molar-refractivity contribution >= 4 is 17.7 Å². The Morgan fingerprint density at radius 3 is 2.94 bits per heavy atom. The number of halogens is 2. The lowest BCUT2D eigenvalue weighted by atomic mass is 10.2. The Morgan fingerprint density at radius 1 is 1.56 bits per heavy atom. The van der Waals surface area contributed by atoms with Crippen molar-refractivity contribution in [3.63, 3.8) is 0 Å². The summed E-state index contributed by atoms with van der Waals surface area (Å²) in [6.45, 7) is 1.68. The van der Waals surface area contributed by atoms with Crippen LogP contribution in [0.25, 0.3) is 0 Å². The molecule has 0 fully saturated rings. The molecular formula is C12H12F2O3S. The number of hydrogen-bond acceptors (Lipinski definition) is 4. The van der Waals surface area contributed by atoms with Gasteiger partial charge < -0.3 is 9.47 Å². The Kier molecular flexibility index (Phi) is 3.75. The standard InChI is InChI=1S/C12H12F2O3S/c1-6-3-10(14)18-9-5-7(12(15)16-2)4-8(13)11(9)17-6/h4-6,10H,3H2,1-2H3. The highest BCUT2D eigenvalue weighted by Crippen LogP contribution is 2.41. The molecular weight excluding hydrogens is 262 g/mol. The van der Waals surface area contributed by atoms with Gasteiger partial charge in [-0.2, -0.15) is 0 Å². The molecule has 0 spiro atoms. The third-order valence-electron chi connectivity index (χ3n) is 2.52. The quantitative estimate of drug-likeness (QED) is 0.737. The molecule has 1 aliphatic rings. The van der Waals surface area contributed by atoms with E-state index in [9.17, 15) is 13.6 Å². The number of ether oxygens (including phenoxy) is 2. The molecule has 98 valence electrons. The van der Waals surface area contributed by atoms with Gasteiger partial charge in [0.2, 0.25) is 0 Å². The number of esters is 1. The van der Waals surface area contributed by atoms with Crippen LogP contribution in [0.4, 0.5) is 8.78 Å². The van der Waals surface area contributed by atoms with Crippen molar-refractivity contribution in [2.75, 3.05) is 7.11 Å². The molecule has 2 unspecified atom stereocenters. The fraction of sp³-hybridized carbons (Fsp3) is 0.417. The molecule has 1 aliphatic heterocycles. The molecule has 0 bridgehead atoms. The van der Waals surface area contributed by atoms with E-state index in [1.165, 1.54) is 13.2 Å². The summed E-state index contributed by atoms with van der Waals surface area (Å²) in [5.41, 5.74) is -1.14. The summed E-state index contributed by atoms with van der Waals surface area (Å²) in [6, 6.07) is 2.43. The fourth-order valence-corrected chi connectivity index (χ4v) is 2.79. The molecule has 0 aliphatic carbocycles. The van der Waals surface area contributed by atoms with E-state index in [2.05, 4.69) is 4.74 Å². The number of benzene rings is 1. The Labute approximate surface area is 107 Å². The first-order valence-corrected chi connectivity index (χ1v) is 6.28. The lowest BCUT2D eigenvalue weighted by molar-refractivity contribution is 0.0599. The Balaban J connectivity index is 2.46. The zero-order valence-electron chi connectivity index (χ0n) is 9.91. The minimum absolute atomic E-state index is 0.000281. The predicted octanol–water partition coefficient (Wildman–Crippen LogP) is 3.17. The molecule has 0 saturated heterocycles. The van der Waals surface area contributed by atoms with Crippen molar-refractivity contribution in [2.24, 2.45) is 0 Å². The average molecular weight is 274 g/mol. The number of carbonyl (C=O) groups is 1. The van der Waals surface area contributed by atoms with Crippen molar-refractivity contribution in [3.05, 3.63) is 23.5 Å². The van der Waals surface area contributed by atoms with Crippen LogP contribution in [0.5, 0.6) is 5.75 Å². The van der Waals surface area contributed by atoms with E-state index in [0.717, 1.165) is 17.8 Å². The molecule has 0 N–H and O–H groups in total. The lowest BCUT2D eigenvalue weighted by Gasteiger charge is -2.13. The van der Waals surface area contributed by atoms with Gasteiger partial charge in [0.05, 0.1) is 23.7 Å². The number of alkyl halides is 1. The number of thioether (sulfide) groups is 1. The van der Waals surface area contributed by atoms with Crippen LogP contribution in [0.15, 0.2) is 17.0 Å². The molecule has 1 aromatic carbocycles. The SMILES string of the molecule is COC(=O)c1cc(F)c2c(c1)SC(F)CC(C)O2. The second-order valence-corrected chi connectivity index (χ2v) is 5.16. The first kappa shape index (κ1) is 13.1. The highest BCUT2D eigenvalue weighted by molar-refractivity contribution is 7.99. The molecule has 1 aromatic rings. The van der Waals surface area contributed by atoms with Crippen molar-refractivity contribution in [2.45, 2.75) is 29.8 Å². The third kappa shape index (κ3) is 2.58. The number of carbonyl (C=O) groups excluding carboxylic acids is 1. The molecule has 18 heavy (non-hydrogen) atoms. The van der Waals surface area contributed by atoms with Crippen LogP contribution in [0.2, 0.25) is 0 Å². The predicted molar refractivity (Wildman–Crippen MR) is 63.2 cm³/mol. The summed E-state index contributed by atoms with van der Waals surface area (Å²) < 4.78 is 37.3. The first-order chi connectivity index (χ1) is 8.51. The summed E-state index contributed by atoms with van der Waals surface area (Å²) in [4.78, 5) is 11.6. The monoisotopic (exact) mass is 274 g/mol. The van der Waals surface area contributed by atoms with Gasteiger partial charge in [0.25, 0.3) is 0 Å². The van der Waals surface area contributed by atoms with Crippen LogP contribution in [-0.2, 0) is 4.74 Å². The van der Waals surface area contributed by atoms with Gasteiger partial charge >= 0.3 is 5.97 Å². The van der Waals surface area contributed by atoms with E-state index < -0.39 is 23.4 Å². The fourth-order valence-electron chi connectivity index (χ4n) is 1.70. The second kappa shape index (κ2) is 5.14. The van der Waals surface area contributed by atoms with Gasteiger partial charge in [-0.3, -0.25) is 0 Å². The Morgan fingerprint density at radius 2 is 2.28 bits per heavy atom.